The Labute approximate surface area is 112 Å². The van der Waals surface area contributed by atoms with Gasteiger partial charge in [-0.1, -0.05) is 13.3 Å². The monoisotopic (exact) mass is 264 g/mol. The van der Waals surface area contributed by atoms with Crippen LogP contribution in [0.4, 0.5) is 11.4 Å². The Morgan fingerprint density at radius 1 is 1.26 bits per heavy atom. The average Bonchev–Trinajstić information content (AvgIpc) is 2.34. The fourth-order valence-corrected chi connectivity index (χ4v) is 1.85. The van der Waals surface area contributed by atoms with E-state index in [4.69, 9.17) is 17.2 Å². The first-order valence-corrected chi connectivity index (χ1v) is 6.18. The van der Waals surface area contributed by atoms with E-state index in [1.54, 1.807) is 17.0 Å². The first kappa shape index (κ1) is 14.8. The maximum Gasteiger partial charge on any atom is 0.250 e. The summed E-state index contributed by atoms with van der Waals surface area (Å²) in [7, 11) is 0. The lowest BCUT2D eigenvalue weighted by atomic mass is 10.1. The van der Waals surface area contributed by atoms with Crippen molar-refractivity contribution in [1.82, 2.24) is 0 Å². The van der Waals surface area contributed by atoms with Gasteiger partial charge >= 0.3 is 0 Å². The highest BCUT2D eigenvalue weighted by atomic mass is 16.1. The first-order chi connectivity index (χ1) is 8.95. The van der Waals surface area contributed by atoms with Crippen LogP contribution >= 0.6 is 0 Å². The predicted molar refractivity (Wildman–Crippen MR) is 75.7 cm³/mol. The molecule has 6 nitrogen and oxygen atoms in total. The van der Waals surface area contributed by atoms with Crippen molar-refractivity contribution in [2.24, 2.45) is 11.5 Å². The Hall–Kier alpha value is -2.24. The van der Waals surface area contributed by atoms with Crippen molar-refractivity contribution in [3.05, 3.63) is 23.8 Å². The van der Waals surface area contributed by atoms with Crippen LogP contribution in [0.15, 0.2) is 18.2 Å². The molecule has 2 amide bonds. The summed E-state index contributed by atoms with van der Waals surface area (Å²) < 4.78 is 0. The molecule has 0 unspecified atom stereocenters. The van der Waals surface area contributed by atoms with Gasteiger partial charge in [-0.25, -0.2) is 0 Å². The van der Waals surface area contributed by atoms with Gasteiger partial charge in [0.25, 0.3) is 5.91 Å². The van der Waals surface area contributed by atoms with E-state index in [2.05, 4.69) is 0 Å². The number of nitrogens with zero attached hydrogens (tertiary/aromatic N) is 1. The summed E-state index contributed by atoms with van der Waals surface area (Å²) in [5.74, 6) is -1.03. The normalized spacial score (nSPS) is 10.2. The first-order valence-electron chi connectivity index (χ1n) is 6.18. The van der Waals surface area contributed by atoms with Crippen molar-refractivity contribution in [2.45, 2.75) is 19.8 Å². The zero-order valence-electron chi connectivity index (χ0n) is 11.1. The molecule has 0 radical (unpaired) electrons. The molecule has 0 aromatic heterocycles. The number of anilines is 2. The van der Waals surface area contributed by atoms with Gasteiger partial charge in [-0.3, -0.25) is 9.59 Å². The van der Waals surface area contributed by atoms with Crippen molar-refractivity contribution in [3.8, 4) is 0 Å². The van der Waals surface area contributed by atoms with E-state index >= 15 is 0 Å². The van der Waals surface area contributed by atoms with E-state index in [-0.39, 0.29) is 6.54 Å². The molecule has 0 aliphatic heterocycles. The highest BCUT2D eigenvalue weighted by Crippen LogP contribution is 2.23. The number of nitrogens with two attached hydrogens (primary N) is 3. The smallest absolute Gasteiger partial charge is 0.250 e. The minimum atomic E-state index is -0.576. The zero-order chi connectivity index (χ0) is 14.4. The Bertz CT molecular complexity index is 474. The molecule has 0 atom stereocenters. The number of unbranched alkanes of at least 4 members (excludes halogenated alkanes) is 1. The van der Waals surface area contributed by atoms with Crippen LogP contribution in [0.5, 0.6) is 0 Å². The van der Waals surface area contributed by atoms with Crippen molar-refractivity contribution in [1.29, 1.82) is 0 Å². The van der Waals surface area contributed by atoms with E-state index in [0.717, 1.165) is 12.8 Å². The van der Waals surface area contributed by atoms with E-state index in [0.29, 0.717) is 23.5 Å². The van der Waals surface area contributed by atoms with Crippen molar-refractivity contribution >= 4 is 23.2 Å². The molecule has 1 aromatic rings. The fraction of sp³-hybridized carbons (Fsp3) is 0.385. The van der Waals surface area contributed by atoms with Crippen molar-refractivity contribution in [3.63, 3.8) is 0 Å². The van der Waals surface area contributed by atoms with Gasteiger partial charge < -0.3 is 22.1 Å². The van der Waals surface area contributed by atoms with Crippen LogP contribution in [0.3, 0.4) is 0 Å². The van der Waals surface area contributed by atoms with E-state index in [1.165, 1.54) is 6.07 Å². The maximum absolute atomic E-state index is 11.5. The predicted octanol–water partition coefficient (Wildman–Crippen LogP) is 0.460. The lowest BCUT2D eigenvalue weighted by Crippen LogP contribution is -2.36. The number of amides is 2. The van der Waals surface area contributed by atoms with Gasteiger partial charge in [-0.15, -0.1) is 0 Å². The van der Waals surface area contributed by atoms with Crippen LogP contribution in [0.25, 0.3) is 0 Å². The van der Waals surface area contributed by atoms with Gasteiger partial charge in [-0.2, -0.15) is 0 Å². The molecule has 0 saturated carbocycles. The second-order valence-electron chi connectivity index (χ2n) is 4.38. The largest absolute Gasteiger partial charge is 0.399 e. The molecule has 1 rings (SSSR count). The lowest BCUT2D eigenvalue weighted by Gasteiger charge is -2.25. The molecule has 0 heterocycles. The molecule has 0 bridgehead atoms. The topological polar surface area (TPSA) is 115 Å². The fourth-order valence-electron chi connectivity index (χ4n) is 1.85. The van der Waals surface area contributed by atoms with Crippen LogP contribution in [-0.2, 0) is 4.79 Å². The third-order valence-corrected chi connectivity index (χ3v) is 2.76. The van der Waals surface area contributed by atoms with Gasteiger partial charge in [0.05, 0.1) is 17.8 Å². The molecule has 0 aliphatic rings. The van der Waals surface area contributed by atoms with E-state index < -0.39 is 11.8 Å². The summed E-state index contributed by atoms with van der Waals surface area (Å²) in [5, 5.41) is 0. The van der Waals surface area contributed by atoms with E-state index in [1.807, 2.05) is 6.92 Å². The standard InChI is InChI=1S/C13H20N4O2/c1-2-3-6-17(8-12(15)18)11-5-4-9(14)7-10(11)13(16)19/h4-5,7H,2-3,6,8,14H2,1H3,(H2,15,18)(H2,16,19). The second kappa shape index (κ2) is 6.63. The summed E-state index contributed by atoms with van der Waals surface area (Å²) >= 11 is 0. The number of rotatable bonds is 7. The van der Waals surface area contributed by atoms with Gasteiger partial charge in [0.15, 0.2) is 0 Å². The molecule has 0 aliphatic carbocycles. The zero-order valence-corrected chi connectivity index (χ0v) is 11.1. The Morgan fingerprint density at radius 3 is 2.47 bits per heavy atom. The molecular weight excluding hydrogens is 244 g/mol. The Morgan fingerprint density at radius 2 is 1.95 bits per heavy atom. The average molecular weight is 264 g/mol. The summed E-state index contributed by atoms with van der Waals surface area (Å²) in [4.78, 5) is 24.4. The molecule has 6 N–H and O–H groups in total. The summed E-state index contributed by atoms with van der Waals surface area (Å²) in [6, 6.07) is 4.87. The minimum Gasteiger partial charge on any atom is -0.399 e. The molecule has 19 heavy (non-hydrogen) atoms. The van der Waals surface area contributed by atoms with E-state index in [9.17, 15) is 9.59 Å². The van der Waals surface area contributed by atoms with Crippen molar-refractivity contribution in [2.75, 3.05) is 23.7 Å². The minimum absolute atomic E-state index is 0.0458. The summed E-state index contributed by atoms with van der Waals surface area (Å²) in [6.45, 7) is 2.72. The SMILES string of the molecule is CCCCN(CC(N)=O)c1ccc(N)cc1C(N)=O. The number of hydrogen-bond donors (Lipinski definition) is 3. The molecule has 0 spiro atoms. The van der Waals surface area contributed by atoms with Crippen molar-refractivity contribution < 1.29 is 9.59 Å². The third kappa shape index (κ3) is 4.17. The number of carbonyl (C=O) groups is 2. The second-order valence-corrected chi connectivity index (χ2v) is 4.38. The van der Waals surface area contributed by atoms with Crippen LogP contribution in [-0.4, -0.2) is 24.9 Å². The van der Waals surface area contributed by atoms with Crippen LogP contribution in [0.2, 0.25) is 0 Å². The highest BCUT2D eigenvalue weighted by molar-refractivity contribution is 6.00. The number of benzene rings is 1. The number of nitrogen functional groups attached to an aromatic ring is 1. The van der Waals surface area contributed by atoms with Crippen LogP contribution in [0.1, 0.15) is 30.1 Å². The molecular formula is C13H20N4O2. The Kier molecular flexibility index (Phi) is 5.17. The third-order valence-electron chi connectivity index (χ3n) is 2.76. The number of carbonyl (C=O) groups excluding carboxylic acids is 2. The number of primary amides is 2. The number of hydrogen-bond acceptors (Lipinski definition) is 4. The Balaban J connectivity index is 3.12. The van der Waals surface area contributed by atoms with Crippen LogP contribution in [0, 0.1) is 0 Å². The molecule has 0 saturated heterocycles. The summed E-state index contributed by atoms with van der Waals surface area (Å²) in [5.41, 5.74) is 17.6. The quantitative estimate of drug-likeness (QED) is 0.620. The maximum atomic E-state index is 11.5. The molecule has 6 heteroatoms. The molecule has 104 valence electrons. The summed E-state index contributed by atoms with van der Waals surface area (Å²) in [6.07, 6.45) is 1.85. The van der Waals surface area contributed by atoms with Gasteiger partial charge in [0.1, 0.15) is 0 Å². The van der Waals surface area contributed by atoms with Crippen LogP contribution < -0.4 is 22.1 Å². The van der Waals surface area contributed by atoms with Gasteiger partial charge in [0.2, 0.25) is 5.91 Å². The van der Waals surface area contributed by atoms with Gasteiger partial charge in [0, 0.05) is 12.2 Å². The highest BCUT2D eigenvalue weighted by Gasteiger charge is 2.16. The van der Waals surface area contributed by atoms with Gasteiger partial charge in [-0.05, 0) is 24.6 Å². The molecule has 0 fully saturated rings. The lowest BCUT2D eigenvalue weighted by molar-refractivity contribution is -0.116. The molecule has 1 aromatic carbocycles.